The Hall–Kier alpha value is -1.21. The molecule has 6 nitrogen and oxygen atoms in total. The quantitative estimate of drug-likeness (QED) is 0.493. The molecule has 3 N–H and O–H groups in total. The molecule has 0 spiro atoms. The Morgan fingerprint density at radius 3 is 2.56 bits per heavy atom. The minimum absolute atomic E-state index is 0.0554. The molecule has 1 fully saturated rings. The Morgan fingerprint density at radius 2 is 2.00 bits per heavy atom. The van der Waals surface area contributed by atoms with E-state index in [9.17, 15) is 9.59 Å². The number of carbonyl (C=O) groups is 2. The van der Waals surface area contributed by atoms with Crippen molar-refractivity contribution in [3.63, 3.8) is 0 Å². The maximum absolute atomic E-state index is 11.7. The second-order valence-corrected chi connectivity index (χ2v) is 4.95. The van der Waals surface area contributed by atoms with E-state index in [1.807, 2.05) is 0 Å². The number of rotatable bonds is 5. The van der Waals surface area contributed by atoms with Crippen molar-refractivity contribution >= 4 is 29.0 Å². The average molecular weight is 272 g/mol. The van der Waals surface area contributed by atoms with Crippen LogP contribution >= 0.6 is 12.2 Å². The molecular formula is C11H20N4O2S. The Kier molecular flexibility index (Phi) is 6.00. The van der Waals surface area contributed by atoms with Gasteiger partial charge < -0.3 is 20.9 Å². The molecule has 102 valence electrons. The van der Waals surface area contributed by atoms with Crippen molar-refractivity contribution in [3.05, 3.63) is 0 Å². The summed E-state index contributed by atoms with van der Waals surface area (Å²) in [6.45, 7) is 3.58. The van der Waals surface area contributed by atoms with Gasteiger partial charge in [0.05, 0.1) is 11.5 Å². The third kappa shape index (κ3) is 4.97. The maximum Gasteiger partial charge on any atom is 0.311 e. The minimum Gasteiger partial charge on any atom is -0.392 e. The van der Waals surface area contributed by atoms with Crippen molar-refractivity contribution in [1.82, 2.24) is 15.1 Å². The summed E-state index contributed by atoms with van der Waals surface area (Å²) in [6.07, 6.45) is 2.43. The fourth-order valence-corrected chi connectivity index (χ4v) is 1.89. The highest BCUT2D eigenvalue weighted by Crippen LogP contribution is 2.06. The molecule has 0 aromatic rings. The molecule has 0 radical (unpaired) electrons. The van der Waals surface area contributed by atoms with Crippen LogP contribution in [0.1, 0.15) is 12.8 Å². The van der Waals surface area contributed by atoms with Crippen molar-refractivity contribution in [2.45, 2.75) is 12.8 Å². The molecule has 0 unspecified atom stereocenters. The lowest BCUT2D eigenvalue weighted by Crippen LogP contribution is -2.45. The second-order valence-electron chi connectivity index (χ2n) is 4.42. The van der Waals surface area contributed by atoms with Crippen LogP contribution in [0.2, 0.25) is 0 Å². The van der Waals surface area contributed by atoms with Gasteiger partial charge in [-0.3, -0.25) is 9.59 Å². The van der Waals surface area contributed by atoms with Crippen molar-refractivity contribution in [2.24, 2.45) is 5.73 Å². The van der Waals surface area contributed by atoms with Crippen molar-refractivity contribution in [2.75, 3.05) is 39.8 Å². The topological polar surface area (TPSA) is 78.7 Å². The van der Waals surface area contributed by atoms with Gasteiger partial charge in [0.25, 0.3) is 0 Å². The van der Waals surface area contributed by atoms with E-state index in [1.54, 1.807) is 7.05 Å². The van der Waals surface area contributed by atoms with Gasteiger partial charge in [0.15, 0.2) is 0 Å². The predicted molar refractivity (Wildman–Crippen MR) is 73.1 cm³/mol. The highest BCUT2D eigenvalue weighted by Gasteiger charge is 2.19. The van der Waals surface area contributed by atoms with Gasteiger partial charge in [0, 0.05) is 20.1 Å². The van der Waals surface area contributed by atoms with Gasteiger partial charge in [-0.05, 0) is 25.9 Å². The summed E-state index contributed by atoms with van der Waals surface area (Å²) in [5.41, 5.74) is 5.24. The zero-order valence-corrected chi connectivity index (χ0v) is 11.5. The first-order valence-electron chi connectivity index (χ1n) is 6.04. The molecule has 1 saturated heterocycles. The standard InChI is InChI=1S/C11H20N4O2S/c1-14(6-7-15-4-2-3-5-15)11(17)10(16)13-8-9(12)18/h2-8H2,1H3,(H2,12,18)(H,13,16). The Morgan fingerprint density at radius 1 is 1.39 bits per heavy atom. The molecule has 0 atom stereocenters. The number of thiocarbonyl (C=S) groups is 1. The number of amides is 2. The number of hydrogen-bond donors (Lipinski definition) is 2. The van der Waals surface area contributed by atoms with Crippen LogP contribution in [-0.4, -0.2) is 66.4 Å². The van der Waals surface area contributed by atoms with Gasteiger partial charge in [-0.15, -0.1) is 0 Å². The van der Waals surface area contributed by atoms with E-state index in [0.29, 0.717) is 6.54 Å². The van der Waals surface area contributed by atoms with Crippen LogP contribution in [0, 0.1) is 0 Å². The molecule has 0 aliphatic carbocycles. The van der Waals surface area contributed by atoms with E-state index in [-0.39, 0.29) is 11.5 Å². The third-order valence-electron chi connectivity index (χ3n) is 2.91. The molecule has 1 heterocycles. The van der Waals surface area contributed by atoms with Crippen LogP contribution in [0.5, 0.6) is 0 Å². The number of likely N-dealkylation sites (tertiary alicyclic amines) is 1. The molecule has 0 aromatic carbocycles. The van der Waals surface area contributed by atoms with E-state index in [4.69, 9.17) is 5.73 Å². The van der Waals surface area contributed by atoms with Crippen molar-refractivity contribution < 1.29 is 9.59 Å². The van der Waals surface area contributed by atoms with E-state index in [1.165, 1.54) is 17.7 Å². The second kappa shape index (κ2) is 7.27. The normalized spacial score (nSPS) is 15.4. The first-order valence-corrected chi connectivity index (χ1v) is 6.45. The summed E-state index contributed by atoms with van der Waals surface area (Å²) in [6, 6.07) is 0. The van der Waals surface area contributed by atoms with E-state index >= 15 is 0 Å². The molecule has 0 aromatic heterocycles. The lowest BCUT2D eigenvalue weighted by Gasteiger charge is -2.21. The molecule has 0 saturated carbocycles. The summed E-state index contributed by atoms with van der Waals surface area (Å²) in [7, 11) is 1.62. The van der Waals surface area contributed by atoms with Gasteiger partial charge >= 0.3 is 11.8 Å². The van der Waals surface area contributed by atoms with Gasteiger partial charge in [-0.2, -0.15) is 0 Å². The number of nitrogens with zero attached hydrogens (tertiary/aromatic N) is 2. The zero-order chi connectivity index (χ0) is 13.5. The van der Waals surface area contributed by atoms with Crippen molar-refractivity contribution in [1.29, 1.82) is 0 Å². The molecule has 1 rings (SSSR count). The summed E-state index contributed by atoms with van der Waals surface area (Å²) in [4.78, 5) is 27.0. The van der Waals surface area contributed by atoms with Gasteiger partial charge in [0.2, 0.25) is 0 Å². The first kappa shape index (κ1) is 14.8. The van der Waals surface area contributed by atoms with Crippen molar-refractivity contribution in [3.8, 4) is 0 Å². The van der Waals surface area contributed by atoms with E-state index in [2.05, 4.69) is 22.4 Å². The van der Waals surface area contributed by atoms with Crippen LogP contribution in [0.15, 0.2) is 0 Å². The number of carbonyl (C=O) groups excluding carboxylic acids is 2. The highest BCUT2D eigenvalue weighted by molar-refractivity contribution is 7.80. The molecule has 7 heteroatoms. The summed E-state index contributed by atoms with van der Waals surface area (Å²) < 4.78 is 0. The molecule has 2 amide bonds. The predicted octanol–water partition coefficient (Wildman–Crippen LogP) is -1.06. The highest BCUT2D eigenvalue weighted by atomic mass is 32.1. The molecule has 18 heavy (non-hydrogen) atoms. The third-order valence-corrected chi connectivity index (χ3v) is 3.06. The largest absolute Gasteiger partial charge is 0.392 e. The summed E-state index contributed by atoms with van der Waals surface area (Å²) in [5, 5.41) is 2.38. The average Bonchev–Trinajstić information content (AvgIpc) is 2.85. The lowest BCUT2D eigenvalue weighted by atomic mass is 10.4. The molecule has 1 aliphatic heterocycles. The smallest absolute Gasteiger partial charge is 0.311 e. The molecule has 1 aliphatic rings. The van der Waals surface area contributed by atoms with Crippen LogP contribution < -0.4 is 11.1 Å². The maximum atomic E-state index is 11.7. The Bertz CT molecular complexity index is 329. The number of likely N-dealkylation sites (N-methyl/N-ethyl adjacent to an activating group) is 1. The van der Waals surface area contributed by atoms with Gasteiger partial charge in [-0.25, -0.2) is 0 Å². The first-order chi connectivity index (χ1) is 8.50. The molecular weight excluding hydrogens is 252 g/mol. The number of hydrogen-bond acceptors (Lipinski definition) is 4. The molecule has 0 bridgehead atoms. The minimum atomic E-state index is -0.660. The number of nitrogens with two attached hydrogens (primary N) is 1. The van der Waals surface area contributed by atoms with Crippen LogP contribution in [-0.2, 0) is 9.59 Å². The number of nitrogens with one attached hydrogen (secondary N) is 1. The summed E-state index contributed by atoms with van der Waals surface area (Å²) in [5.74, 6) is -1.21. The lowest BCUT2D eigenvalue weighted by molar-refractivity contribution is -0.144. The fraction of sp³-hybridized carbons (Fsp3) is 0.727. The Balaban J connectivity index is 2.26. The van der Waals surface area contributed by atoms with Gasteiger partial charge in [-0.1, -0.05) is 12.2 Å². The van der Waals surface area contributed by atoms with Crippen LogP contribution in [0.4, 0.5) is 0 Å². The Labute approximate surface area is 112 Å². The van der Waals surface area contributed by atoms with Gasteiger partial charge in [0.1, 0.15) is 0 Å². The van der Waals surface area contributed by atoms with E-state index < -0.39 is 11.8 Å². The van der Waals surface area contributed by atoms with E-state index in [0.717, 1.165) is 19.6 Å². The summed E-state index contributed by atoms with van der Waals surface area (Å²) >= 11 is 4.62. The van der Waals surface area contributed by atoms with Crippen LogP contribution in [0.3, 0.4) is 0 Å². The SMILES string of the molecule is CN(CCN1CCCC1)C(=O)C(=O)NCC(N)=S. The monoisotopic (exact) mass is 272 g/mol. The van der Waals surface area contributed by atoms with Crippen LogP contribution in [0.25, 0.3) is 0 Å². The fourth-order valence-electron chi connectivity index (χ4n) is 1.82. The zero-order valence-electron chi connectivity index (χ0n) is 10.6.